The van der Waals surface area contributed by atoms with Crippen molar-refractivity contribution in [2.45, 2.75) is 12.8 Å². The van der Waals surface area contributed by atoms with Crippen molar-refractivity contribution < 1.29 is 9.90 Å². The van der Waals surface area contributed by atoms with Crippen LogP contribution < -0.4 is 0 Å². The molecule has 1 aliphatic heterocycles. The van der Waals surface area contributed by atoms with Gasteiger partial charge in [0.2, 0.25) is 0 Å². The molecule has 0 unspecified atom stereocenters. The topological polar surface area (TPSA) is 40.5 Å². The number of piperidine rings is 1. The lowest BCUT2D eigenvalue weighted by atomic mass is 9.98. The standard InChI is InChI=1S/C7H12NO2/c9-5-7-1-3-8(6-10)4-2-7/h7,9H,1-5H2. The first kappa shape index (κ1) is 7.54. The van der Waals surface area contributed by atoms with E-state index >= 15 is 0 Å². The second kappa shape index (κ2) is 3.56. The van der Waals surface area contributed by atoms with Gasteiger partial charge < -0.3 is 10.0 Å². The Morgan fingerprint density at radius 3 is 2.50 bits per heavy atom. The van der Waals surface area contributed by atoms with E-state index in [2.05, 4.69) is 0 Å². The molecule has 0 aromatic rings. The van der Waals surface area contributed by atoms with Gasteiger partial charge in [-0.25, -0.2) is 0 Å². The van der Waals surface area contributed by atoms with Gasteiger partial charge in [0.1, 0.15) is 0 Å². The molecule has 0 aromatic heterocycles. The molecule has 1 rings (SSSR count). The van der Waals surface area contributed by atoms with Gasteiger partial charge in [0.25, 0.3) is 0 Å². The number of rotatable bonds is 2. The van der Waals surface area contributed by atoms with Crippen LogP contribution >= 0.6 is 0 Å². The fourth-order valence-electron chi connectivity index (χ4n) is 1.21. The summed E-state index contributed by atoms with van der Waals surface area (Å²) < 4.78 is 0. The fourth-order valence-corrected chi connectivity index (χ4v) is 1.21. The van der Waals surface area contributed by atoms with Gasteiger partial charge in [-0.15, -0.1) is 0 Å². The second-order valence-corrected chi connectivity index (χ2v) is 2.70. The maximum absolute atomic E-state index is 10.1. The highest BCUT2D eigenvalue weighted by Crippen LogP contribution is 2.14. The molecule has 1 amide bonds. The smallest absolute Gasteiger partial charge is 0.312 e. The summed E-state index contributed by atoms with van der Waals surface area (Å²) in [5.41, 5.74) is 0. The number of hydrogen-bond donors (Lipinski definition) is 1. The van der Waals surface area contributed by atoms with Gasteiger partial charge in [0.05, 0.1) is 0 Å². The average molecular weight is 142 g/mol. The fraction of sp³-hybridized carbons (Fsp3) is 0.857. The first-order valence-corrected chi connectivity index (χ1v) is 3.60. The van der Waals surface area contributed by atoms with Gasteiger partial charge in [0.15, 0.2) is 0 Å². The molecule has 0 aromatic carbocycles. The Balaban J connectivity index is 2.23. The van der Waals surface area contributed by atoms with Crippen LogP contribution in [0.15, 0.2) is 0 Å². The van der Waals surface area contributed by atoms with Crippen LogP contribution in [-0.4, -0.2) is 36.1 Å². The van der Waals surface area contributed by atoms with E-state index in [0.29, 0.717) is 5.92 Å². The highest BCUT2D eigenvalue weighted by molar-refractivity contribution is 5.48. The Labute approximate surface area is 60.6 Å². The third-order valence-electron chi connectivity index (χ3n) is 2.00. The van der Waals surface area contributed by atoms with Gasteiger partial charge in [-0.05, 0) is 18.8 Å². The van der Waals surface area contributed by atoms with E-state index in [1.54, 1.807) is 4.90 Å². The van der Waals surface area contributed by atoms with Crippen molar-refractivity contribution in [3.63, 3.8) is 0 Å². The Bertz CT molecular complexity index is 108. The number of carbonyl (C=O) groups excluding carboxylic acids is 1. The molecule has 0 spiro atoms. The van der Waals surface area contributed by atoms with E-state index in [0.717, 1.165) is 25.9 Å². The molecular weight excluding hydrogens is 130 g/mol. The van der Waals surface area contributed by atoms with Crippen LogP contribution in [-0.2, 0) is 4.79 Å². The van der Waals surface area contributed by atoms with Gasteiger partial charge in [-0.2, -0.15) is 0 Å². The molecule has 1 radical (unpaired) electrons. The Hall–Kier alpha value is -0.570. The zero-order valence-corrected chi connectivity index (χ0v) is 5.92. The quantitative estimate of drug-likeness (QED) is 0.578. The molecule has 1 N–H and O–H groups in total. The molecule has 0 bridgehead atoms. The van der Waals surface area contributed by atoms with Gasteiger partial charge in [0, 0.05) is 19.7 Å². The summed E-state index contributed by atoms with van der Waals surface area (Å²) >= 11 is 0. The summed E-state index contributed by atoms with van der Waals surface area (Å²) in [6, 6.07) is 0. The summed E-state index contributed by atoms with van der Waals surface area (Å²) in [6.45, 7) is 1.77. The number of amides is 1. The van der Waals surface area contributed by atoms with Crippen molar-refractivity contribution >= 4 is 6.41 Å². The Morgan fingerprint density at radius 1 is 1.50 bits per heavy atom. The minimum absolute atomic E-state index is 0.257. The second-order valence-electron chi connectivity index (χ2n) is 2.70. The molecule has 0 saturated carbocycles. The van der Waals surface area contributed by atoms with Crippen LogP contribution in [0, 0.1) is 5.92 Å². The third kappa shape index (κ3) is 1.70. The molecule has 3 heteroatoms. The third-order valence-corrected chi connectivity index (χ3v) is 2.00. The Kier molecular flexibility index (Phi) is 2.68. The highest BCUT2D eigenvalue weighted by Gasteiger charge is 2.16. The van der Waals surface area contributed by atoms with E-state index in [9.17, 15) is 4.79 Å². The molecule has 1 aliphatic rings. The minimum atomic E-state index is 0.257. The first-order valence-electron chi connectivity index (χ1n) is 3.60. The van der Waals surface area contributed by atoms with Crippen molar-refractivity contribution in [1.82, 2.24) is 4.90 Å². The molecule has 3 nitrogen and oxygen atoms in total. The number of hydrogen-bond acceptors (Lipinski definition) is 2. The summed E-state index contributed by atoms with van der Waals surface area (Å²) in [5.74, 6) is 0.407. The van der Waals surface area contributed by atoms with Crippen molar-refractivity contribution in [3.05, 3.63) is 0 Å². The van der Waals surface area contributed by atoms with Crippen molar-refractivity contribution in [2.24, 2.45) is 5.92 Å². The predicted molar refractivity (Wildman–Crippen MR) is 37.1 cm³/mol. The lowest BCUT2D eigenvalue weighted by Gasteiger charge is -2.26. The van der Waals surface area contributed by atoms with Crippen molar-refractivity contribution in [3.8, 4) is 0 Å². The summed E-state index contributed by atoms with van der Waals surface area (Å²) in [4.78, 5) is 11.7. The SMILES string of the molecule is O=[C]N1CCC(CO)CC1. The molecule has 10 heavy (non-hydrogen) atoms. The summed E-state index contributed by atoms with van der Waals surface area (Å²) in [6.07, 6.45) is 3.69. The zero-order valence-electron chi connectivity index (χ0n) is 5.92. The van der Waals surface area contributed by atoms with Crippen LogP contribution in [0.1, 0.15) is 12.8 Å². The van der Waals surface area contributed by atoms with Gasteiger partial charge >= 0.3 is 6.41 Å². The van der Waals surface area contributed by atoms with E-state index in [4.69, 9.17) is 5.11 Å². The number of nitrogens with zero attached hydrogens (tertiary/aromatic N) is 1. The number of likely N-dealkylation sites (tertiary alicyclic amines) is 1. The summed E-state index contributed by atoms with van der Waals surface area (Å²) in [7, 11) is 0. The maximum Gasteiger partial charge on any atom is 0.312 e. The van der Waals surface area contributed by atoms with E-state index in [1.807, 2.05) is 6.41 Å². The molecule has 0 aliphatic carbocycles. The van der Waals surface area contributed by atoms with Crippen molar-refractivity contribution in [2.75, 3.05) is 19.7 Å². The monoisotopic (exact) mass is 142 g/mol. The Morgan fingerprint density at radius 2 is 2.10 bits per heavy atom. The molecule has 57 valence electrons. The molecule has 0 atom stereocenters. The maximum atomic E-state index is 10.1. The first-order chi connectivity index (χ1) is 4.86. The van der Waals surface area contributed by atoms with Gasteiger partial charge in [-0.1, -0.05) is 0 Å². The molecule has 1 fully saturated rings. The van der Waals surface area contributed by atoms with Crippen molar-refractivity contribution in [1.29, 1.82) is 0 Å². The lowest BCUT2D eigenvalue weighted by Crippen LogP contribution is -2.33. The number of aliphatic hydroxyl groups excluding tert-OH is 1. The predicted octanol–water partition coefficient (Wildman–Crippen LogP) is -0.242. The highest BCUT2D eigenvalue weighted by atomic mass is 16.3. The largest absolute Gasteiger partial charge is 0.396 e. The van der Waals surface area contributed by atoms with Crippen LogP contribution in [0.4, 0.5) is 0 Å². The van der Waals surface area contributed by atoms with Gasteiger partial charge in [-0.3, -0.25) is 4.79 Å². The molecular formula is C7H12NO2. The average Bonchev–Trinajstić information content (AvgIpc) is 2.05. The minimum Gasteiger partial charge on any atom is -0.396 e. The lowest BCUT2D eigenvalue weighted by molar-refractivity contribution is 0.164. The van der Waals surface area contributed by atoms with Crippen LogP contribution in [0.25, 0.3) is 0 Å². The normalized spacial score (nSPS) is 21.1. The zero-order chi connectivity index (χ0) is 7.40. The number of aliphatic hydroxyl groups is 1. The van der Waals surface area contributed by atoms with E-state index < -0.39 is 0 Å². The van der Waals surface area contributed by atoms with Crippen LogP contribution in [0.2, 0.25) is 0 Å². The van der Waals surface area contributed by atoms with Crippen LogP contribution in [0.5, 0.6) is 0 Å². The molecule has 1 saturated heterocycles. The summed E-state index contributed by atoms with van der Waals surface area (Å²) in [5, 5.41) is 8.73. The molecule has 1 heterocycles. The van der Waals surface area contributed by atoms with Crippen LogP contribution in [0.3, 0.4) is 0 Å². The van der Waals surface area contributed by atoms with E-state index in [-0.39, 0.29) is 6.61 Å². The van der Waals surface area contributed by atoms with E-state index in [1.165, 1.54) is 0 Å².